The van der Waals surface area contributed by atoms with Gasteiger partial charge in [0.25, 0.3) is 0 Å². The van der Waals surface area contributed by atoms with E-state index in [1.165, 1.54) is 0 Å². The molecule has 164 valence electrons. The predicted molar refractivity (Wildman–Crippen MR) is 135 cm³/mol. The number of nitrogens with zero attached hydrogens (tertiary/aromatic N) is 2. The average Bonchev–Trinajstić information content (AvgIpc) is 2.78. The van der Waals surface area contributed by atoms with Gasteiger partial charge in [0.15, 0.2) is 0 Å². The molecule has 1 unspecified atom stereocenters. The molecule has 0 aliphatic carbocycles. The second-order valence-corrected chi connectivity index (χ2v) is 11.1. The minimum Gasteiger partial charge on any atom is -0.247 e. The first-order valence-electron chi connectivity index (χ1n) is 10.5. The van der Waals surface area contributed by atoms with Gasteiger partial charge in [-0.25, -0.2) is 18.9 Å². The zero-order chi connectivity index (χ0) is 22.9. The van der Waals surface area contributed by atoms with Gasteiger partial charge in [-0.05, 0) is 51.0 Å². The van der Waals surface area contributed by atoms with E-state index in [1.807, 2.05) is 52.0 Å². The zero-order valence-corrected chi connectivity index (χ0v) is 20.2. The van der Waals surface area contributed by atoms with E-state index in [2.05, 4.69) is 52.2 Å². The number of benzene rings is 2. The maximum atomic E-state index is 12.5. The van der Waals surface area contributed by atoms with E-state index in [4.69, 9.17) is 16.6 Å². The number of halogens is 1. The van der Waals surface area contributed by atoms with E-state index in [9.17, 15) is 4.21 Å². The summed E-state index contributed by atoms with van der Waals surface area (Å²) in [5, 5.41) is 1.27. The van der Waals surface area contributed by atoms with Crippen LogP contribution in [-0.4, -0.2) is 18.9 Å². The van der Waals surface area contributed by atoms with Crippen molar-refractivity contribution < 1.29 is 4.21 Å². The van der Waals surface area contributed by atoms with Crippen LogP contribution in [0.5, 0.6) is 0 Å². The molecule has 6 heteroatoms. The van der Waals surface area contributed by atoms with Crippen molar-refractivity contribution in [2.75, 3.05) is 0 Å². The molecular formula is C26H26ClN3OS. The average molecular weight is 464 g/mol. The minimum atomic E-state index is -1.14. The molecule has 2 heterocycles. The van der Waals surface area contributed by atoms with Gasteiger partial charge in [0.2, 0.25) is 0 Å². The highest BCUT2D eigenvalue weighted by Crippen LogP contribution is 2.35. The third kappa shape index (κ3) is 4.75. The summed E-state index contributed by atoms with van der Waals surface area (Å²) in [7, 11) is -1.14. The Labute approximate surface area is 196 Å². The Kier molecular flexibility index (Phi) is 6.42. The summed E-state index contributed by atoms with van der Waals surface area (Å²) in [6.07, 6.45) is 1.68. The van der Waals surface area contributed by atoms with Crippen molar-refractivity contribution >= 4 is 33.5 Å². The van der Waals surface area contributed by atoms with E-state index < -0.39 is 11.0 Å². The molecule has 0 spiro atoms. The highest BCUT2D eigenvalue weighted by molar-refractivity contribution is 7.84. The van der Waals surface area contributed by atoms with Crippen LogP contribution in [0.25, 0.3) is 33.3 Å². The van der Waals surface area contributed by atoms with Gasteiger partial charge in [-0.2, -0.15) is 0 Å². The van der Waals surface area contributed by atoms with Gasteiger partial charge in [-0.1, -0.05) is 66.2 Å². The van der Waals surface area contributed by atoms with Gasteiger partial charge >= 0.3 is 0 Å². The Bertz CT molecular complexity index is 1270. The fourth-order valence-corrected chi connectivity index (χ4v) is 4.47. The maximum Gasteiger partial charge on any atom is 0.138 e. The van der Waals surface area contributed by atoms with Crippen LogP contribution in [0.3, 0.4) is 0 Å². The Hall–Kier alpha value is -2.60. The lowest BCUT2D eigenvalue weighted by Crippen LogP contribution is -2.34. The summed E-state index contributed by atoms with van der Waals surface area (Å²) in [5.74, 6) is 0. The molecule has 0 radical (unpaired) electrons. The van der Waals surface area contributed by atoms with Gasteiger partial charge < -0.3 is 0 Å². The number of fused-ring (bicyclic) bond motifs is 1. The highest BCUT2D eigenvalue weighted by atomic mass is 35.5. The molecule has 0 saturated carbocycles. The topological polar surface area (TPSA) is 54.9 Å². The van der Waals surface area contributed by atoms with Crippen molar-refractivity contribution in [2.24, 2.45) is 0 Å². The molecule has 0 amide bonds. The number of aromatic nitrogens is 2. The second-order valence-electron chi connectivity index (χ2n) is 8.76. The molecule has 4 rings (SSSR count). The van der Waals surface area contributed by atoms with E-state index in [0.29, 0.717) is 5.15 Å². The minimum absolute atomic E-state index is 0.0351. The summed E-state index contributed by atoms with van der Waals surface area (Å²) in [4.78, 5) is 9.16. The Balaban J connectivity index is 1.75. The Morgan fingerprint density at radius 1 is 0.969 bits per heavy atom. The van der Waals surface area contributed by atoms with Gasteiger partial charge in [-0.3, -0.25) is 0 Å². The molecule has 0 bridgehead atoms. The summed E-state index contributed by atoms with van der Waals surface area (Å²) < 4.78 is 15.3. The SMILES string of the molecule is C[C@@H](NS(=O)C(C)(C)C)c1ccc(-c2nc3ccnc(Cl)c3cc2-c2ccccc2)cc1. The number of nitrogens with one attached hydrogen (secondary N) is 1. The first-order chi connectivity index (χ1) is 15.2. The molecular weight excluding hydrogens is 438 g/mol. The molecule has 4 nitrogen and oxygen atoms in total. The lowest BCUT2D eigenvalue weighted by atomic mass is 9.96. The fourth-order valence-electron chi connectivity index (χ4n) is 3.46. The largest absolute Gasteiger partial charge is 0.247 e. The maximum absolute atomic E-state index is 12.5. The van der Waals surface area contributed by atoms with Crippen molar-refractivity contribution in [1.29, 1.82) is 0 Å². The van der Waals surface area contributed by atoms with Crippen molar-refractivity contribution in [1.82, 2.24) is 14.7 Å². The van der Waals surface area contributed by atoms with Crippen LogP contribution in [-0.2, 0) is 11.0 Å². The summed E-state index contributed by atoms with van der Waals surface area (Å²) >= 11 is 6.36. The molecule has 2 aromatic heterocycles. The standard InChI is InChI=1S/C26H26ClN3OS/c1-17(30-32(31)26(2,3)4)18-10-12-20(13-11-18)24-21(19-8-6-5-7-9-19)16-22-23(29-24)14-15-28-25(22)27/h5-17,30H,1-4H3/t17-,32?/m1/s1. The quantitative estimate of drug-likeness (QED) is 0.334. The molecule has 1 N–H and O–H groups in total. The van der Waals surface area contributed by atoms with Crippen LogP contribution >= 0.6 is 11.6 Å². The van der Waals surface area contributed by atoms with Gasteiger partial charge in [0.1, 0.15) is 5.15 Å². The first-order valence-corrected chi connectivity index (χ1v) is 12.1. The molecule has 0 saturated heterocycles. The number of pyridine rings is 2. The number of hydrogen-bond donors (Lipinski definition) is 1. The summed E-state index contributed by atoms with van der Waals surface area (Å²) in [6, 6.07) is 22.3. The van der Waals surface area contributed by atoms with E-state index in [0.717, 1.165) is 38.9 Å². The van der Waals surface area contributed by atoms with Gasteiger partial charge in [0, 0.05) is 28.8 Å². The molecule has 0 aliphatic heterocycles. The van der Waals surface area contributed by atoms with Gasteiger partial charge in [0.05, 0.1) is 26.9 Å². The molecule has 2 atom stereocenters. The zero-order valence-electron chi connectivity index (χ0n) is 18.6. The van der Waals surface area contributed by atoms with E-state index >= 15 is 0 Å². The molecule has 0 fully saturated rings. The second kappa shape index (κ2) is 9.10. The third-order valence-electron chi connectivity index (χ3n) is 5.30. The first kappa shape index (κ1) is 22.6. The van der Waals surface area contributed by atoms with Crippen LogP contribution in [0.2, 0.25) is 5.15 Å². The fraction of sp³-hybridized carbons (Fsp3) is 0.231. The van der Waals surface area contributed by atoms with Crippen LogP contribution in [0.15, 0.2) is 72.9 Å². The van der Waals surface area contributed by atoms with Crippen LogP contribution in [0.1, 0.15) is 39.3 Å². The highest BCUT2D eigenvalue weighted by Gasteiger charge is 2.22. The van der Waals surface area contributed by atoms with Crippen molar-refractivity contribution in [3.63, 3.8) is 0 Å². The predicted octanol–water partition coefficient (Wildman–Crippen LogP) is 6.73. The smallest absolute Gasteiger partial charge is 0.138 e. The van der Waals surface area contributed by atoms with Crippen molar-refractivity contribution in [3.05, 3.63) is 83.6 Å². The number of hydrogen-bond acceptors (Lipinski definition) is 3. The van der Waals surface area contributed by atoms with Crippen LogP contribution in [0.4, 0.5) is 0 Å². The molecule has 0 aliphatic rings. The Morgan fingerprint density at radius 2 is 1.66 bits per heavy atom. The van der Waals surface area contributed by atoms with Crippen molar-refractivity contribution in [3.8, 4) is 22.4 Å². The Morgan fingerprint density at radius 3 is 2.31 bits per heavy atom. The summed E-state index contributed by atoms with van der Waals surface area (Å²) in [5.41, 5.74) is 5.83. The van der Waals surface area contributed by atoms with Gasteiger partial charge in [-0.15, -0.1) is 0 Å². The summed E-state index contributed by atoms with van der Waals surface area (Å²) in [6.45, 7) is 7.91. The molecule has 2 aromatic carbocycles. The van der Waals surface area contributed by atoms with Crippen molar-refractivity contribution in [2.45, 2.75) is 38.5 Å². The van der Waals surface area contributed by atoms with E-state index in [1.54, 1.807) is 6.20 Å². The lowest BCUT2D eigenvalue weighted by Gasteiger charge is -2.22. The van der Waals surface area contributed by atoms with E-state index in [-0.39, 0.29) is 10.8 Å². The van der Waals surface area contributed by atoms with Crippen LogP contribution in [0, 0.1) is 0 Å². The van der Waals surface area contributed by atoms with Crippen LogP contribution < -0.4 is 4.72 Å². The third-order valence-corrected chi connectivity index (χ3v) is 7.28. The normalized spacial score (nSPS) is 13.8. The lowest BCUT2D eigenvalue weighted by molar-refractivity contribution is 0.616. The monoisotopic (exact) mass is 463 g/mol. The molecule has 32 heavy (non-hydrogen) atoms. The number of rotatable bonds is 5. The molecule has 4 aromatic rings.